The second kappa shape index (κ2) is 19.1. The van der Waals surface area contributed by atoms with Gasteiger partial charge in [0.15, 0.2) is 11.2 Å². The van der Waals surface area contributed by atoms with E-state index in [1.54, 1.807) is 0 Å². The van der Waals surface area contributed by atoms with Crippen LogP contribution in [-0.2, 0) is 16.2 Å². The quantitative estimate of drug-likeness (QED) is 0.151. The molecule has 14 aromatic rings. The SMILES string of the molecule is CC1(C)c2ccccc2N(c2ccc3c(c2)C(c2ccccc2)(c2ccccc2)c2cc(N4c5ccccc5C(C)(C)c5cc(-c6ccc(-c7nc8ccccc8o7)cc6)ccc54)ccc2-3)c2ccc(-c3ccc(-c4nc5ccccc5o4)cc3)cc21. The van der Waals surface area contributed by atoms with Crippen LogP contribution in [0.2, 0.25) is 0 Å². The van der Waals surface area contributed by atoms with Gasteiger partial charge in [-0.25, -0.2) is 9.97 Å². The number of hydrogen-bond donors (Lipinski definition) is 0. The topological polar surface area (TPSA) is 58.5 Å². The molecule has 0 N–H and O–H groups in total. The summed E-state index contributed by atoms with van der Waals surface area (Å²) in [5.41, 5.74) is 27.8. The highest BCUT2D eigenvalue weighted by Gasteiger charge is 2.48. The normalized spacial score (nSPS) is 14.7. The first-order valence-electron chi connectivity index (χ1n) is 30.0. The van der Waals surface area contributed by atoms with Crippen LogP contribution >= 0.6 is 0 Å². The predicted octanol–water partition coefficient (Wildman–Crippen LogP) is 21.2. The van der Waals surface area contributed by atoms with Crippen molar-refractivity contribution >= 4 is 56.3 Å². The number of benzene rings is 12. The van der Waals surface area contributed by atoms with Gasteiger partial charge in [-0.15, -0.1) is 0 Å². The lowest BCUT2D eigenvalue weighted by atomic mass is 9.67. The van der Waals surface area contributed by atoms with E-state index >= 15 is 0 Å². The minimum absolute atomic E-state index is 0.305. The van der Waals surface area contributed by atoms with Crippen LogP contribution in [0.25, 0.3) is 78.5 Å². The summed E-state index contributed by atoms with van der Waals surface area (Å²) in [5.74, 6) is 1.25. The largest absolute Gasteiger partial charge is 0.436 e. The Kier molecular flexibility index (Phi) is 11.1. The molecule has 0 unspecified atom stereocenters. The van der Waals surface area contributed by atoms with Gasteiger partial charge in [-0.3, -0.25) is 0 Å². The van der Waals surface area contributed by atoms with Gasteiger partial charge in [0.25, 0.3) is 0 Å². The molecule has 414 valence electrons. The zero-order valence-electron chi connectivity index (χ0n) is 48.7. The summed E-state index contributed by atoms with van der Waals surface area (Å²) in [6.07, 6.45) is 0. The van der Waals surface area contributed by atoms with Gasteiger partial charge in [-0.05, 0) is 187 Å². The van der Waals surface area contributed by atoms with Crippen LogP contribution in [0.4, 0.5) is 34.1 Å². The minimum atomic E-state index is -0.699. The molecule has 17 rings (SSSR count). The van der Waals surface area contributed by atoms with Crippen molar-refractivity contribution in [3.8, 4) is 56.3 Å². The third kappa shape index (κ3) is 7.67. The maximum atomic E-state index is 6.17. The monoisotopic (exact) mass is 1120 g/mol. The molecule has 0 radical (unpaired) electrons. The van der Waals surface area contributed by atoms with Crippen molar-refractivity contribution in [1.82, 2.24) is 9.97 Å². The smallest absolute Gasteiger partial charge is 0.227 e. The van der Waals surface area contributed by atoms with Crippen LogP contribution in [0.5, 0.6) is 0 Å². The molecule has 4 heterocycles. The Hall–Kier alpha value is -10.8. The van der Waals surface area contributed by atoms with Gasteiger partial charge in [0, 0.05) is 33.3 Å². The number of oxazole rings is 2. The fourth-order valence-electron chi connectivity index (χ4n) is 14.7. The molecule has 0 spiro atoms. The Balaban J connectivity index is 0.800. The molecule has 2 aliphatic heterocycles. The van der Waals surface area contributed by atoms with Crippen molar-refractivity contribution in [2.75, 3.05) is 9.80 Å². The first-order valence-corrected chi connectivity index (χ1v) is 30.0. The average Bonchev–Trinajstić information content (AvgIpc) is 1.70. The molecule has 0 fully saturated rings. The van der Waals surface area contributed by atoms with E-state index in [0.29, 0.717) is 11.8 Å². The Labute approximate surface area is 506 Å². The maximum Gasteiger partial charge on any atom is 0.227 e. The number of hydrogen-bond acceptors (Lipinski definition) is 6. The van der Waals surface area contributed by atoms with Crippen LogP contribution < -0.4 is 9.80 Å². The van der Waals surface area contributed by atoms with Crippen molar-refractivity contribution in [2.45, 2.75) is 43.9 Å². The molecule has 0 atom stereocenters. The van der Waals surface area contributed by atoms with Gasteiger partial charge >= 0.3 is 0 Å². The van der Waals surface area contributed by atoms with Crippen molar-refractivity contribution in [3.63, 3.8) is 0 Å². The van der Waals surface area contributed by atoms with E-state index in [2.05, 4.69) is 268 Å². The third-order valence-corrected chi connectivity index (χ3v) is 19.0. The number of fused-ring (bicyclic) bond motifs is 9. The Morgan fingerprint density at radius 3 is 1.07 bits per heavy atom. The molecule has 0 amide bonds. The summed E-state index contributed by atoms with van der Waals surface area (Å²) in [5, 5.41) is 0. The summed E-state index contributed by atoms with van der Waals surface area (Å²) >= 11 is 0. The second-order valence-corrected chi connectivity index (χ2v) is 24.5. The molecule has 3 aliphatic rings. The number of nitrogens with zero attached hydrogens (tertiary/aromatic N) is 4. The third-order valence-electron chi connectivity index (χ3n) is 19.0. The fourth-order valence-corrected chi connectivity index (χ4v) is 14.7. The zero-order chi connectivity index (χ0) is 58.2. The Morgan fingerprint density at radius 2 is 0.644 bits per heavy atom. The van der Waals surface area contributed by atoms with E-state index in [9.17, 15) is 0 Å². The van der Waals surface area contributed by atoms with Gasteiger partial charge in [0.1, 0.15) is 11.0 Å². The van der Waals surface area contributed by atoms with Gasteiger partial charge in [0.2, 0.25) is 11.8 Å². The molecular weight excluding hydrogens is 1060 g/mol. The summed E-state index contributed by atoms with van der Waals surface area (Å²) in [6.45, 7) is 9.48. The van der Waals surface area contributed by atoms with Crippen LogP contribution in [-0.4, -0.2) is 9.97 Å². The number of para-hydroxylation sites is 6. The van der Waals surface area contributed by atoms with Crippen molar-refractivity contribution in [1.29, 1.82) is 0 Å². The van der Waals surface area contributed by atoms with E-state index in [-0.39, 0.29) is 10.8 Å². The molecular formula is C81H58N4O2. The first-order chi connectivity index (χ1) is 42.6. The summed E-state index contributed by atoms with van der Waals surface area (Å²) in [7, 11) is 0. The Bertz CT molecular complexity index is 4670. The van der Waals surface area contributed by atoms with E-state index in [0.717, 1.165) is 67.0 Å². The lowest BCUT2D eigenvalue weighted by Crippen LogP contribution is -2.32. The number of anilines is 6. The zero-order valence-corrected chi connectivity index (χ0v) is 48.7. The van der Waals surface area contributed by atoms with Crippen LogP contribution in [0.15, 0.2) is 288 Å². The molecule has 12 aromatic carbocycles. The molecule has 2 aromatic heterocycles. The van der Waals surface area contributed by atoms with Gasteiger partial charge in [0.05, 0.1) is 28.2 Å². The standard InChI is InChI=1S/C81H58N4O2/c1-79(2)63-23-11-15-27-71(63)84(73-45-39-55(47-67(73)79)51-31-35-53(36-32-51)77-82-69-25-13-17-29-75(69)86-77)59-41-43-61-62-44-42-60(50-66(62)81(65(61)49-59,57-19-7-5-8-20-57)58-21-9-6-10-22-58)85-72-28-16-12-24-64(72)80(3,4)68-48-56(40-46-74(68)85)52-33-37-54(38-34-52)78-83-70-26-14-18-30-76(70)87-78/h5-50H,1-4H3. The van der Waals surface area contributed by atoms with Crippen molar-refractivity contribution < 1.29 is 8.83 Å². The summed E-state index contributed by atoms with van der Waals surface area (Å²) in [6, 6.07) is 102. The molecule has 87 heavy (non-hydrogen) atoms. The summed E-state index contributed by atoms with van der Waals surface area (Å²) < 4.78 is 12.3. The highest BCUT2D eigenvalue weighted by Crippen LogP contribution is 2.61. The van der Waals surface area contributed by atoms with E-state index in [1.807, 2.05) is 48.5 Å². The van der Waals surface area contributed by atoms with Crippen molar-refractivity contribution in [3.05, 3.63) is 324 Å². The lowest BCUT2D eigenvalue weighted by molar-refractivity contribution is 0.619. The molecule has 0 saturated carbocycles. The Morgan fingerprint density at radius 1 is 0.287 bits per heavy atom. The van der Waals surface area contributed by atoms with E-state index in [4.69, 9.17) is 18.8 Å². The number of rotatable bonds is 8. The lowest BCUT2D eigenvalue weighted by Gasteiger charge is -2.43. The molecule has 0 bridgehead atoms. The number of aromatic nitrogens is 2. The highest BCUT2D eigenvalue weighted by molar-refractivity contribution is 5.95. The predicted molar refractivity (Wildman–Crippen MR) is 354 cm³/mol. The molecule has 0 saturated heterocycles. The van der Waals surface area contributed by atoms with Gasteiger partial charge in [-0.2, -0.15) is 0 Å². The maximum absolute atomic E-state index is 6.17. The fraction of sp³-hybridized carbons (Fsp3) is 0.0864. The second-order valence-electron chi connectivity index (χ2n) is 24.5. The minimum Gasteiger partial charge on any atom is -0.436 e. The molecule has 6 nitrogen and oxygen atoms in total. The highest BCUT2D eigenvalue weighted by atomic mass is 16.4. The van der Waals surface area contributed by atoms with Gasteiger partial charge < -0.3 is 18.6 Å². The first kappa shape index (κ1) is 50.7. The van der Waals surface area contributed by atoms with Crippen LogP contribution in [0.3, 0.4) is 0 Å². The van der Waals surface area contributed by atoms with Crippen LogP contribution in [0.1, 0.15) is 72.2 Å². The van der Waals surface area contributed by atoms with Crippen molar-refractivity contribution in [2.24, 2.45) is 0 Å². The van der Waals surface area contributed by atoms with Crippen LogP contribution in [0, 0.1) is 0 Å². The van der Waals surface area contributed by atoms with Gasteiger partial charge in [-0.1, -0.05) is 198 Å². The summed E-state index contributed by atoms with van der Waals surface area (Å²) in [4.78, 5) is 14.6. The van der Waals surface area contributed by atoms with E-state index in [1.165, 1.54) is 78.4 Å². The van der Waals surface area contributed by atoms with E-state index < -0.39 is 5.41 Å². The molecule has 6 heteroatoms. The average molecular weight is 1120 g/mol. The molecule has 1 aliphatic carbocycles.